The van der Waals surface area contributed by atoms with Gasteiger partial charge in [0.2, 0.25) is 5.95 Å². The minimum absolute atomic E-state index is 0.234. The normalized spacial score (nSPS) is 17.8. The molecule has 3 rings (SSSR count). The molecule has 2 aromatic heterocycles. The number of carbonyl (C=O) groups is 1. The smallest absolute Gasteiger partial charge is 0.328 e. The van der Waals surface area contributed by atoms with Crippen molar-refractivity contribution in [1.82, 2.24) is 19.9 Å². The van der Waals surface area contributed by atoms with Crippen molar-refractivity contribution < 1.29 is 9.90 Å². The molecule has 8 heteroatoms. The monoisotopic (exact) mass is 326 g/mol. The van der Waals surface area contributed by atoms with Crippen molar-refractivity contribution in [3.05, 3.63) is 42.6 Å². The van der Waals surface area contributed by atoms with Crippen molar-refractivity contribution in [3.63, 3.8) is 0 Å². The van der Waals surface area contributed by atoms with Crippen LogP contribution in [0.25, 0.3) is 6.08 Å². The zero-order valence-electron chi connectivity index (χ0n) is 13.0. The zero-order chi connectivity index (χ0) is 16.8. The Bertz CT molecular complexity index is 704. The lowest BCUT2D eigenvalue weighted by molar-refractivity contribution is -0.131. The fourth-order valence-corrected chi connectivity index (χ4v) is 2.60. The number of aliphatic carboxylic acids is 1. The highest BCUT2D eigenvalue weighted by Gasteiger charge is 2.21. The Hall–Kier alpha value is -3.03. The molecule has 124 valence electrons. The maximum atomic E-state index is 10.5. The summed E-state index contributed by atoms with van der Waals surface area (Å²) in [5.41, 5.74) is 0.505. The fraction of sp³-hybridized carbons (Fsp3) is 0.312. The number of nitrogens with one attached hydrogen (secondary N) is 1. The van der Waals surface area contributed by atoms with Crippen molar-refractivity contribution >= 4 is 23.8 Å². The number of piperidine rings is 1. The van der Waals surface area contributed by atoms with Crippen molar-refractivity contribution in [2.45, 2.75) is 18.9 Å². The van der Waals surface area contributed by atoms with Crippen LogP contribution in [0.2, 0.25) is 0 Å². The van der Waals surface area contributed by atoms with E-state index >= 15 is 0 Å². The van der Waals surface area contributed by atoms with Gasteiger partial charge in [-0.25, -0.2) is 19.7 Å². The summed E-state index contributed by atoms with van der Waals surface area (Å²) in [4.78, 5) is 29.7. The number of anilines is 2. The van der Waals surface area contributed by atoms with Gasteiger partial charge in [0, 0.05) is 37.6 Å². The van der Waals surface area contributed by atoms with Crippen LogP contribution in [0, 0.1) is 0 Å². The van der Waals surface area contributed by atoms with Gasteiger partial charge in [-0.1, -0.05) is 0 Å². The van der Waals surface area contributed by atoms with E-state index in [1.54, 1.807) is 30.9 Å². The number of hydrogen-bond acceptors (Lipinski definition) is 7. The summed E-state index contributed by atoms with van der Waals surface area (Å²) < 4.78 is 0. The Balaban J connectivity index is 1.60. The Labute approximate surface area is 139 Å². The maximum absolute atomic E-state index is 10.5. The molecular formula is C16H18N6O2. The zero-order valence-corrected chi connectivity index (χ0v) is 13.0. The summed E-state index contributed by atoms with van der Waals surface area (Å²) in [6, 6.07) is 2.04. The molecule has 1 saturated heterocycles. The number of nitrogens with zero attached hydrogens (tertiary/aromatic N) is 5. The van der Waals surface area contributed by atoms with E-state index < -0.39 is 5.97 Å². The predicted octanol–water partition coefficient (Wildman–Crippen LogP) is 1.45. The van der Waals surface area contributed by atoms with Gasteiger partial charge >= 0.3 is 5.97 Å². The molecular weight excluding hydrogens is 308 g/mol. The van der Waals surface area contributed by atoms with E-state index in [-0.39, 0.29) is 6.04 Å². The van der Waals surface area contributed by atoms with E-state index in [9.17, 15) is 4.79 Å². The van der Waals surface area contributed by atoms with Crippen LogP contribution >= 0.6 is 0 Å². The second-order valence-electron chi connectivity index (χ2n) is 5.48. The highest BCUT2D eigenvalue weighted by Crippen LogP contribution is 2.17. The maximum Gasteiger partial charge on any atom is 0.328 e. The van der Waals surface area contributed by atoms with Crippen LogP contribution in [0.4, 0.5) is 11.8 Å². The SMILES string of the molecule is O=C(O)C=Cc1cnc(N[C@@H]2CCCN(c3ncccn3)C2)cn1. The Morgan fingerprint density at radius 2 is 2.08 bits per heavy atom. The van der Waals surface area contributed by atoms with Gasteiger partial charge in [-0.15, -0.1) is 0 Å². The van der Waals surface area contributed by atoms with E-state index in [1.807, 2.05) is 0 Å². The molecule has 0 spiro atoms. The molecule has 0 bridgehead atoms. The molecule has 1 aliphatic heterocycles. The third-order valence-electron chi connectivity index (χ3n) is 3.68. The molecule has 2 N–H and O–H groups in total. The molecule has 8 nitrogen and oxygen atoms in total. The summed E-state index contributed by atoms with van der Waals surface area (Å²) in [5, 5.41) is 12.0. The molecule has 0 aliphatic carbocycles. The van der Waals surface area contributed by atoms with Crippen molar-refractivity contribution in [3.8, 4) is 0 Å². The number of carboxylic acids is 1. The first-order chi connectivity index (χ1) is 11.7. The van der Waals surface area contributed by atoms with E-state index in [1.165, 1.54) is 6.08 Å². The van der Waals surface area contributed by atoms with Crippen LogP contribution in [-0.2, 0) is 4.79 Å². The first-order valence-electron chi connectivity index (χ1n) is 7.72. The minimum Gasteiger partial charge on any atom is -0.478 e. The van der Waals surface area contributed by atoms with Crippen molar-refractivity contribution in [2.24, 2.45) is 0 Å². The molecule has 0 amide bonds. The third kappa shape index (κ3) is 4.25. The van der Waals surface area contributed by atoms with E-state index in [2.05, 4.69) is 30.2 Å². The molecule has 0 unspecified atom stereocenters. The quantitative estimate of drug-likeness (QED) is 0.796. The number of rotatable bonds is 5. The Morgan fingerprint density at radius 3 is 2.79 bits per heavy atom. The number of carboxylic acid groups (broad SMARTS) is 1. The molecule has 3 heterocycles. The number of hydrogen-bond donors (Lipinski definition) is 2. The lowest BCUT2D eigenvalue weighted by Gasteiger charge is -2.33. The second kappa shape index (κ2) is 7.49. The molecule has 0 saturated carbocycles. The number of aromatic nitrogens is 4. The summed E-state index contributed by atoms with van der Waals surface area (Å²) in [5.74, 6) is 0.400. The lowest BCUT2D eigenvalue weighted by atomic mass is 10.1. The van der Waals surface area contributed by atoms with Gasteiger partial charge < -0.3 is 15.3 Å². The molecule has 1 aliphatic rings. The highest BCUT2D eigenvalue weighted by atomic mass is 16.4. The van der Waals surface area contributed by atoms with Crippen LogP contribution in [0.15, 0.2) is 36.9 Å². The predicted molar refractivity (Wildman–Crippen MR) is 89.6 cm³/mol. The first kappa shape index (κ1) is 15.9. The van der Waals surface area contributed by atoms with E-state index in [0.29, 0.717) is 11.5 Å². The summed E-state index contributed by atoms with van der Waals surface area (Å²) in [6.45, 7) is 1.74. The second-order valence-corrected chi connectivity index (χ2v) is 5.48. The average Bonchev–Trinajstić information content (AvgIpc) is 2.62. The third-order valence-corrected chi connectivity index (χ3v) is 3.68. The molecule has 1 fully saturated rings. The topological polar surface area (TPSA) is 104 Å². The molecule has 2 aromatic rings. The summed E-state index contributed by atoms with van der Waals surface area (Å²) >= 11 is 0. The van der Waals surface area contributed by atoms with Gasteiger partial charge in [-0.3, -0.25) is 4.98 Å². The summed E-state index contributed by atoms with van der Waals surface area (Å²) in [7, 11) is 0. The molecule has 1 atom stereocenters. The standard InChI is InChI=1S/C16H18N6O2/c23-15(24)5-4-12-9-20-14(10-19-12)21-13-3-1-8-22(11-13)16-17-6-2-7-18-16/h2,4-7,9-10,13H,1,3,8,11H2,(H,20,21)(H,23,24)/t13-/m1/s1. The van der Waals surface area contributed by atoms with Gasteiger partial charge in [-0.2, -0.15) is 0 Å². The van der Waals surface area contributed by atoms with Gasteiger partial charge in [0.1, 0.15) is 5.82 Å². The van der Waals surface area contributed by atoms with Crippen molar-refractivity contribution in [2.75, 3.05) is 23.3 Å². The van der Waals surface area contributed by atoms with Crippen LogP contribution in [0.3, 0.4) is 0 Å². The molecule has 24 heavy (non-hydrogen) atoms. The first-order valence-corrected chi connectivity index (χ1v) is 7.72. The highest BCUT2D eigenvalue weighted by molar-refractivity contribution is 5.84. The van der Waals surface area contributed by atoms with E-state index in [4.69, 9.17) is 5.11 Å². The summed E-state index contributed by atoms with van der Waals surface area (Å²) in [6.07, 6.45) is 11.2. The van der Waals surface area contributed by atoms with Crippen LogP contribution < -0.4 is 10.2 Å². The largest absolute Gasteiger partial charge is 0.478 e. The van der Waals surface area contributed by atoms with Gasteiger partial charge in [0.05, 0.1) is 18.1 Å². The van der Waals surface area contributed by atoms with Crippen LogP contribution in [0.1, 0.15) is 18.5 Å². The minimum atomic E-state index is -1.01. The fourth-order valence-electron chi connectivity index (χ4n) is 2.60. The van der Waals surface area contributed by atoms with Crippen molar-refractivity contribution in [1.29, 1.82) is 0 Å². The van der Waals surface area contributed by atoms with Gasteiger partial charge in [-0.05, 0) is 25.0 Å². The Morgan fingerprint density at radius 1 is 1.25 bits per heavy atom. The average molecular weight is 326 g/mol. The van der Waals surface area contributed by atoms with Gasteiger partial charge in [0.15, 0.2) is 0 Å². The van der Waals surface area contributed by atoms with Crippen LogP contribution in [0.5, 0.6) is 0 Å². The Kier molecular flexibility index (Phi) is 4.95. The van der Waals surface area contributed by atoms with E-state index in [0.717, 1.165) is 38.0 Å². The molecule has 0 radical (unpaired) electrons. The molecule has 0 aromatic carbocycles. The van der Waals surface area contributed by atoms with Crippen LogP contribution in [-0.4, -0.2) is 50.1 Å². The lowest BCUT2D eigenvalue weighted by Crippen LogP contribution is -2.43. The van der Waals surface area contributed by atoms with Gasteiger partial charge in [0.25, 0.3) is 0 Å².